The number of aryl methyl sites for hydroxylation is 1. The molecule has 0 aromatic carbocycles. The highest BCUT2D eigenvalue weighted by Crippen LogP contribution is 2.28. The molecular formula is C10H15N5O2S2. The maximum absolute atomic E-state index is 10.9. The fourth-order valence-electron chi connectivity index (χ4n) is 1.61. The number of nitrogens with zero attached hydrogens (tertiary/aromatic N) is 2. The standard InChI is InChI=1S/C10H15N5O2S2/c1-6-5-7-8(12-3-4-13-19(2,16)17)14-10(11)15-9(7)18-6/h5,13H,3-4H2,1-2H3,(H3,11,12,14,15). The number of thiophene rings is 1. The van der Waals surface area contributed by atoms with Gasteiger partial charge in [-0.1, -0.05) is 0 Å². The third-order valence-corrected chi connectivity index (χ3v) is 3.99. The summed E-state index contributed by atoms with van der Waals surface area (Å²) in [4.78, 5) is 10.2. The summed E-state index contributed by atoms with van der Waals surface area (Å²) in [7, 11) is -3.17. The minimum absolute atomic E-state index is 0.202. The summed E-state index contributed by atoms with van der Waals surface area (Å²) >= 11 is 1.54. The molecule has 9 heteroatoms. The van der Waals surface area contributed by atoms with Gasteiger partial charge in [0.1, 0.15) is 10.6 Å². The van der Waals surface area contributed by atoms with Crippen molar-refractivity contribution in [2.45, 2.75) is 6.92 Å². The van der Waals surface area contributed by atoms with Crippen molar-refractivity contribution >= 4 is 43.3 Å². The molecule has 2 rings (SSSR count). The van der Waals surface area contributed by atoms with Crippen LogP contribution in [0.15, 0.2) is 6.07 Å². The van der Waals surface area contributed by atoms with Gasteiger partial charge in [-0.3, -0.25) is 0 Å². The predicted molar refractivity (Wildman–Crippen MR) is 77.9 cm³/mol. The van der Waals surface area contributed by atoms with Gasteiger partial charge in [0.2, 0.25) is 16.0 Å². The van der Waals surface area contributed by atoms with E-state index in [1.807, 2.05) is 13.0 Å². The van der Waals surface area contributed by atoms with E-state index < -0.39 is 10.0 Å². The maximum Gasteiger partial charge on any atom is 0.223 e. The van der Waals surface area contributed by atoms with Crippen LogP contribution in [0.25, 0.3) is 10.2 Å². The second-order valence-corrected chi connectivity index (χ2v) is 7.17. The van der Waals surface area contributed by atoms with Crippen LogP contribution in [0.3, 0.4) is 0 Å². The second-order valence-electron chi connectivity index (χ2n) is 4.10. The molecule has 0 bridgehead atoms. The molecule has 0 unspecified atom stereocenters. The van der Waals surface area contributed by atoms with Gasteiger partial charge in [-0.05, 0) is 13.0 Å². The monoisotopic (exact) mass is 301 g/mol. The zero-order valence-electron chi connectivity index (χ0n) is 10.6. The molecule has 7 nitrogen and oxygen atoms in total. The van der Waals surface area contributed by atoms with Gasteiger partial charge in [-0.2, -0.15) is 4.98 Å². The van der Waals surface area contributed by atoms with E-state index in [4.69, 9.17) is 5.73 Å². The number of rotatable bonds is 5. The molecule has 0 spiro atoms. The number of nitrogen functional groups attached to an aromatic ring is 1. The zero-order valence-corrected chi connectivity index (χ0v) is 12.2. The van der Waals surface area contributed by atoms with Crippen LogP contribution in [0.4, 0.5) is 11.8 Å². The van der Waals surface area contributed by atoms with E-state index in [-0.39, 0.29) is 12.5 Å². The summed E-state index contributed by atoms with van der Waals surface area (Å²) in [5.74, 6) is 0.829. The van der Waals surface area contributed by atoms with Crippen molar-refractivity contribution in [1.82, 2.24) is 14.7 Å². The quantitative estimate of drug-likeness (QED) is 0.695. The van der Waals surface area contributed by atoms with Crippen LogP contribution in [0.1, 0.15) is 4.88 Å². The van der Waals surface area contributed by atoms with Gasteiger partial charge in [-0.15, -0.1) is 11.3 Å². The fourth-order valence-corrected chi connectivity index (χ4v) is 2.97. The van der Waals surface area contributed by atoms with Crippen LogP contribution in [-0.2, 0) is 10.0 Å². The van der Waals surface area contributed by atoms with Crippen LogP contribution >= 0.6 is 11.3 Å². The number of aromatic nitrogens is 2. The summed E-state index contributed by atoms with van der Waals surface area (Å²) in [6.07, 6.45) is 1.12. The van der Waals surface area contributed by atoms with Crippen molar-refractivity contribution in [3.8, 4) is 0 Å². The Kier molecular flexibility index (Phi) is 3.88. The maximum atomic E-state index is 10.9. The van der Waals surface area contributed by atoms with Crippen LogP contribution < -0.4 is 15.8 Å². The van der Waals surface area contributed by atoms with Crippen LogP contribution in [-0.4, -0.2) is 37.7 Å². The van der Waals surface area contributed by atoms with Gasteiger partial charge < -0.3 is 11.1 Å². The lowest BCUT2D eigenvalue weighted by atomic mass is 10.3. The summed E-state index contributed by atoms with van der Waals surface area (Å²) in [6, 6.07) is 1.98. The molecular weight excluding hydrogens is 286 g/mol. The molecule has 0 saturated carbocycles. The van der Waals surface area contributed by atoms with Gasteiger partial charge in [0, 0.05) is 18.0 Å². The van der Waals surface area contributed by atoms with E-state index in [9.17, 15) is 8.42 Å². The molecule has 0 aliphatic heterocycles. The Morgan fingerprint density at radius 3 is 2.79 bits per heavy atom. The number of sulfonamides is 1. The van der Waals surface area contributed by atoms with E-state index in [1.54, 1.807) is 11.3 Å². The molecule has 2 aromatic heterocycles. The van der Waals surface area contributed by atoms with Gasteiger partial charge in [-0.25, -0.2) is 18.1 Å². The zero-order chi connectivity index (χ0) is 14.0. The molecule has 2 heterocycles. The van der Waals surface area contributed by atoms with E-state index in [0.717, 1.165) is 21.3 Å². The van der Waals surface area contributed by atoms with Crippen molar-refractivity contribution in [3.63, 3.8) is 0 Å². The van der Waals surface area contributed by atoms with Gasteiger partial charge in [0.25, 0.3) is 0 Å². The molecule has 0 atom stereocenters. The number of anilines is 2. The topological polar surface area (TPSA) is 110 Å². The Bertz CT molecular complexity index is 695. The average Bonchev–Trinajstić information content (AvgIpc) is 2.63. The van der Waals surface area contributed by atoms with Crippen molar-refractivity contribution in [1.29, 1.82) is 0 Å². The van der Waals surface area contributed by atoms with E-state index in [0.29, 0.717) is 12.4 Å². The predicted octanol–water partition coefficient (Wildman–Crippen LogP) is 0.543. The Morgan fingerprint density at radius 2 is 2.11 bits per heavy atom. The van der Waals surface area contributed by atoms with Gasteiger partial charge in [0.05, 0.1) is 11.6 Å². The smallest absolute Gasteiger partial charge is 0.223 e. The number of hydrogen-bond acceptors (Lipinski definition) is 7. The molecule has 2 aromatic rings. The summed E-state index contributed by atoms with van der Waals surface area (Å²) in [5.41, 5.74) is 5.64. The summed E-state index contributed by atoms with van der Waals surface area (Å²) in [6.45, 7) is 2.69. The Balaban J connectivity index is 2.11. The third-order valence-electron chi connectivity index (χ3n) is 2.31. The van der Waals surface area contributed by atoms with Gasteiger partial charge >= 0.3 is 0 Å². The first-order valence-corrected chi connectivity index (χ1v) is 8.28. The van der Waals surface area contributed by atoms with Crippen molar-refractivity contribution in [3.05, 3.63) is 10.9 Å². The van der Waals surface area contributed by atoms with Crippen molar-refractivity contribution in [2.24, 2.45) is 0 Å². The molecule has 0 amide bonds. The molecule has 0 radical (unpaired) electrons. The molecule has 0 fully saturated rings. The Morgan fingerprint density at radius 1 is 1.37 bits per heavy atom. The first-order chi connectivity index (χ1) is 8.85. The fraction of sp³-hybridized carbons (Fsp3) is 0.400. The average molecular weight is 301 g/mol. The lowest BCUT2D eigenvalue weighted by Crippen LogP contribution is -2.27. The first-order valence-electron chi connectivity index (χ1n) is 5.57. The van der Waals surface area contributed by atoms with E-state index in [1.165, 1.54) is 0 Å². The molecule has 4 N–H and O–H groups in total. The third kappa shape index (κ3) is 3.75. The normalized spacial score (nSPS) is 11.9. The SMILES string of the molecule is Cc1cc2c(NCCNS(C)(=O)=O)nc(N)nc2s1. The largest absolute Gasteiger partial charge is 0.368 e. The molecule has 19 heavy (non-hydrogen) atoms. The van der Waals surface area contributed by atoms with Crippen molar-refractivity contribution in [2.75, 3.05) is 30.4 Å². The lowest BCUT2D eigenvalue weighted by Gasteiger charge is -2.07. The Hall–Kier alpha value is -1.45. The van der Waals surface area contributed by atoms with Crippen LogP contribution in [0.2, 0.25) is 0 Å². The van der Waals surface area contributed by atoms with Gasteiger partial charge in [0.15, 0.2) is 0 Å². The molecule has 0 aliphatic carbocycles. The number of fused-ring (bicyclic) bond motifs is 1. The number of hydrogen-bond donors (Lipinski definition) is 3. The Labute approximate surface area is 115 Å². The number of nitrogens with two attached hydrogens (primary N) is 1. The minimum Gasteiger partial charge on any atom is -0.368 e. The minimum atomic E-state index is -3.17. The molecule has 0 aliphatic rings. The van der Waals surface area contributed by atoms with Crippen LogP contribution in [0, 0.1) is 6.92 Å². The van der Waals surface area contributed by atoms with Crippen molar-refractivity contribution < 1.29 is 8.42 Å². The highest BCUT2D eigenvalue weighted by atomic mass is 32.2. The highest BCUT2D eigenvalue weighted by Gasteiger charge is 2.09. The number of nitrogens with one attached hydrogen (secondary N) is 2. The van der Waals surface area contributed by atoms with E-state index in [2.05, 4.69) is 20.0 Å². The second kappa shape index (κ2) is 5.27. The lowest BCUT2D eigenvalue weighted by molar-refractivity contribution is 0.589. The highest BCUT2D eigenvalue weighted by molar-refractivity contribution is 7.88. The summed E-state index contributed by atoms with van der Waals surface area (Å²) in [5, 5.41) is 3.96. The first kappa shape index (κ1) is 14.0. The van der Waals surface area contributed by atoms with Crippen LogP contribution in [0.5, 0.6) is 0 Å². The molecule has 104 valence electrons. The summed E-state index contributed by atoms with van der Waals surface area (Å²) < 4.78 is 24.3. The van der Waals surface area contributed by atoms with E-state index >= 15 is 0 Å². The molecule has 0 saturated heterocycles.